The molecule has 0 saturated heterocycles. The van der Waals surface area contributed by atoms with Gasteiger partial charge in [0.05, 0.1) is 15.8 Å². The van der Waals surface area contributed by atoms with Crippen LogP contribution in [0.25, 0.3) is 0 Å². The molecule has 1 rings (SSSR count). The maximum atomic E-state index is 11.2. The largest absolute Gasteiger partial charge is 0.278 e. The van der Waals surface area contributed by atoms with Crippen LogP contribution >= 0.6 is 0 Å². The Kier molecular flexibility index (Phi) is 3.59. The van der Waals surface area contributed by atoms with E-state index >= 15 is 0 Å². The summed E-state index contributed by atoms with van der Waals surface area (Å²) >= 11 is 0. The third kappa shape index (κ3) is 2.42. The Morgan fingerprint density at radius 3 is 2.00 bits per heavy atom. The Balaban J connectivity index is 3.65. The highest BCUT2D eigenvalue weighted by Gasteiger charge is 2.44. The van der Waals surface area contributed by atoms with Gasteiger partial charge < -0.3 is 0 Å². The van der Waals surface area contributed by atoms with Crippen LogP contribution in [0.1, 0.15) is 41.0 Å². The van der Waals surface area contributed by atoms with Gasteiger partial charge in [0.2, 0.25) is 0 Å². The highest BCUT2D eigenvalue weighted by atomic mass is 16.6. The molecule has 0 spiro atoms. The van der Waals surface area contributed by atoms with E-state index in [4.69, 9.17) is 0 Å². The summed E-state index contributed by atoms with van der Waals surface area (Å²) in [4.78, 5) is 21.4. The number of nitro groups is 2. The minimum atomic E-state index is -0.624. The molecule has 1 atom stereocenters. The van der Waals surface area contributed by atoms with Crippen LogP contribution in [0.3, 0.4) is 0 Å². The van der Waals surface area contributed by atoms with Crippen LogP contribution < -0.4 is 0 Å². The first-order chi connectivity index (χ1) is 8.07. The molecule has 1 aliphatic rings. The van der Waals surface area contributed by atoms with Gasteiger partial charge >= 0.3 is 0 Å². The second-order valence-corrected chi connectivity index (χ2v) is 5.76. The van der Waals surface area contributed by atoms with Crippen LogP contribution in [0, 0.1) is 31.6 Å². The summed E-state index contributed by atoms with van der Waals surface area (Å²) in [6.07, 6.45) is 0.367. The van der Waals surface area contributed by atoms with E-state index in [2.05, 4.69) is 0 Å². The van der Waals surface area contributed by atoms with E-state index < -0.39 is 15.3 Å². The van der Waals surface area contributed by atoms with Crippen molar-refractivity contribution >= 4 is 0 Å². The normalized spacial score (nSPS) is 21.3. The molecule has 18 heavy (non-hydrogen) atoms. The standard InChI is InChI=1S/C12H18N2O4/c1-7-6-8(2)11(14(17)18)9(12(3,4)5)10(7)13(15)16/h7H,6H2,1-5H3. The smallest absolute Gasteiger partial charge is 0.259 e. The van der Waals surface area contributed by atoms with Gasteiger partial charge in [0.15, 0.2) is 0 Å². The Morgan fingerprint density at radius 1 is 1.17 bits per heavy atom. The summed E-state index contributed by atoms with van der Waals surface area (Å²) in [7, 11) is 0. The molecule has 1 aliphatic carbocycles. The zero-order valence-corrected chi connectivity index (χ0v) is 11.3. The third-order valence-electron chi connectivity index (χ3n) is 3.11. The van der Waals surface area contributed by atoms with Crippen LogP contribution in [0.2, 0.25) is 0 Å². The van der Waals surface area contributed by atoms with Crippen molar-refractivity contribution in [1.82, 2.24) is 0 Å². The predicted molar refractivity (Wildman–Crippen MR) is 67.0 cm³/mol. The Bertz CT molecular complexity index is 469. The third-order valence-corrected chi connectivity index (χ3v) is 3.11. The maximum absolute atomic E-state index is 11.2. The first-order valence-corrected chi connectivity index (χ1v) is 5.81. The quantitative estimate of drug-likeness (QED) is 0.559. The Hall–Kier alpha value is -1.72. The number of hydrogen-bond acceptors (Lipinski definition) is 4. The fourth-order valence-electron chi connectivity index (χ4n) is 2.49. The molecule has 0 N–H and O–H groups in total. The average molecular weight is 254 g/mol. The summed E-state index contributed by atoms with van der Waals surface area (Å²) in [5, 5.41) is 22.4. The van der Waals surface area contributed by atoms with Gasteiger partial charge in [0, 0.05) is 11.0 Å². The van der Waals surface area contributed by atoms with E-state index in [1.807, 2.05) is 0 Å². The summed E-state index contributed by atoms with van der Waals surface area (Å²) in [5.74, 6) is -0.294. The van der Waals surface area contributed by atoms with Crippen molar-refractivity contribution in [3.63, 3.8) is 0 Å². The number of nitrogens with zero attached hydrogens (tertiary/aromatic N) is 2. The van der Waals surface area contributed by atoms with Crippen LogP contribution in [0.15, 0.2) is 22.5 Å². The molecule has 100 valence electrons. The molecule has 1 unspecified atom stereocenters. The van der Waals surface area contributed by atoms with Gasteiger partial charge in [-0.25, -0.2) is 0 Å². The first-order valence-electron chi connectivity index (χ1n) is 5.81. The molecule has 0 bridgehead atoms. The Labute approximate surface area is 106 Å². The van der Waals surface area contributed by atoms with Gasteiger partial charge in [0.25, 0.3) is 11.4 Å². The van der Waals surface area contributed by atoms with Gasteiger partial charge in [0.1, 0.15) is 5.57 Å². The monoisotopic (exact) mass is 254 g/mol. The van der Waals surface area contributed by atoms with E-state index in [1.165, 1.54) is 0 Å². The van der Waals surface area contributed by atoms with Crippen molar-refractivity contribution in [2.75, 3.05) is 0 Å². The molecule has 0 amide bonds. The molecule has 0 radical (unpaired) electrons. The fourth-order valence-corrected chi connectivity index (χ4v) is 2.49. The molecule has 0 aliphatic heterocycles. The zero-order chi connectivity index (χ0) is 14.2. The van der Waals surface area contributed by atoms with Gasteiger partial charge in [-0.2, -0.15) is 0 Å². The van der Waals surface area contributed by atoms with E-state index in [0.717, 1.165) is 0 Å². The number of allylic oxidation sites excluding steroid dienone is 3. The molecule has 0 aromatic rings. The minimum Gasteiger partial charge on any atom is -0.259 e. The highest BCUT2D eigenvalue weighted by Crippen LogP contribution is 2.43. The lowest BCUT2D eigenvalue weighted by Gasteiger charge is -2.27. The average Bonchev–Trinajstić information content (AvgIpc) is 2.13. The van der Waals surface area contributed by atoms with Crippen molar-refractivity contribution in [2.45, 2.75) is 41.0 Å². The van der Waals surface area contributed by atoms with Crippen molar-refractivity contribution < 1.29 is 9.85 Å². The summed E-state index contributed by atoms with van der Waals surface area (Å²) < 4.78 is 0. The molecular weight excluding hydrogens is 236 g/mol. The van der Waals surface area contributed by atoms with Crippen LogP contribution in [0.4, 0.5) is 0 Å². The Morgan fingerprint density at radius 2 is 1.67 bits per heavy atom. The van der Waals surface area contributed by atoms with Gasteiger partial charge in [-0.15, -0.1) is 0 Å². The summed E-state index contributed by atoms with van der Waals surface area (Å²) in [6, 6.07) is 0. The number of hydrogen-bond donors (Lipinski definition) is 0. The minimum absolute atomic E-state index is 0.0141. The number of rotatable bonds is 2. The zero-order valence-electron chi connectivity index (χ0n) is 11.3. The first kappa shape index (κ1) is 14.3. The van der Waals surface area contributed by atoms with Crippen LogP contribution in [-0.4, -0.2) is 9.85 Å². The van der Waals surface area contributed by atoms with Crippen LogP contribution in [-0.2, 0) is 0 Å². The van der Waals surface area contributed by atoms with E-state index in [0.29, 0.717) is 12.0 Å². The lowest BCUT2D eigenvalue weighted by atomic mass is 9.75. The summed E-state index contributed by atoms with van der Waals surface area (Å²) in [5.41, 5.74) is 0.157. The molecule has 0 saturated carbocycles. The SMILES string of the molecule is CC1=C([N+](=O)[O-])C(C(C)(C)C)=C([N+](=O)[O-])C(C)C1. The van der Waals surface area contributed by atoms with E-state index in [9.17, 15) is 20.2 Å². The van der Waals surface area contributed by atoms with E-state index in [1.54, 1.807) is 34.6 Å². The molecule has 0 heterocycles. The topological polar surface area (TPSA) is 86.3 Å². The van der Waals surface area contributed by atoms with Crippen molar-refractivity contribution in [1.29, 1.82) is 0 Å². The van der Waals surface area contributed by atoms with Gasteiger partial charge in [-0.3, -0.25) is 20.2 Å². The van der Waals surface area contributed by atoms with Gasteiger partial charge in [-0.05, 0) is 13.3 Å². The van der Waals surface area contributed by atoms with Gasteiger partial charge in [-0.1, -0.05) is 27.7 Å². The summed E-state index contributed by atoms with van der Waals surface area (Å²) in [6.45, 7) is 8.71. The second kappa shape index (κ2) is 4.51. The molecule has 0 fully saturated rings. The molecule has 6 nitrogen and oxygen atoms in total. The maximum Gasteiger partial charge on any atom is 0.278 e. The lowest BCUT2D eigenvalue weighted by Crippen LogP contribution is -2.28. The van der Waals surface area contributed by atoms with Crippen molar-refractivity contribution in [2.24, 2.45) is 11.3 Å². The molecular formula is C12H18N2O4. The second-order valence-electron chi connectivity index (χ2n) is 5.76. The van der Waals surface area contributed by atoms with Crippen LogP contribution in [0.5, 0.6) is 0 Å². The fraction of sp³-hybridized carbons (Fsp3) is 0.667. The highest BCUT2D eigenvalue weighted by molar-refractivity contribution is 5.40. The molecule has 0 aromatic heterocycles. The van der Waals surface area contributed by atoms with Crippen molar-refractivity contribution in [3.05, 3.63) is 42.8 Å². The lowest BCUT2D eigenvalue weighted by molar-refractivity contribution is -0.447. The molecule has 6 heteroatoms. The van der Waals surface area contributed by atoms with Crippen molar-refractivity contribution in [3.8, 4) is 0 Å². The van der Waals surface area contributed by atoms with E-state index in [-0.39, 0.29) is 22.9 Å². The predicted octanol–water partition coefficient (Wildman–Crippen LogP) is 3.15. The molecule has 0 aromatic carbocycles.